The smallest absolute Gasteiger partial charge is 0.262 e. The summed E-state index contributed by atoms with van der Waals surface area (Å²) in [5.41, 5.74) is 0.686. The second-order valence-corrected chi connectivity index (χ2v) is 6.96. The highest BCUT2D eigenvalue weighted by Crippen LogP contribution is 2.23. The van der Waals surface area contributed by atoms with E-state index in [9.17, 15) is 9.59 Å². The molecule has 0 aromatic heterocycles. The van der Waals surface area contributed by atoms with Gasteiger partial charge in [-0.05, 0) is 30.3 Å². The van der Waals surface area contributed by atoms with E-state index in [0.29, 0.717) is 22.1 Å². The summed E-state index contributed by atoms with van der Waals surface area (Å²) in [6, 6.07) is 13.9. The van der Waals surface area contributed by atoms with Gasteiger partial charge >= 0.3 is 0 Å². The number of anilines is 2. The van der Waals surface area contributed by atoms with Crippen LogP contribution in [0, 0.1) is 5.41 Å². The molecule has 0 spiro atoms. The molecule has 132 valence electrons. The molecule has 0 fully saturated rings. The average molecular weight is 361 g/mol. The van der Waals surface area contributed by atoms with Gasteiger partial charge in [0.05, 0.1) is 5.02 Å². The van der Waals surface area contributed by atoms with Crippen molar-refractivity contribution in [1.29, 1.82) is 0 Å². The zero-order chi connectivity index (χ0) is 18.4. The highest BCUT2D eigenvalue weighted by molar-refractivity contribution is 6.32. The fourth-order valence-corrected chi connectivity index (χ4v) is 2.09. The Hall–Kier alpha value is -2.53. The van der Waals surface area contributed by atoms with Gasteiger partial charge in [-0.25, -0.2) is 0 Å². The number of hydrogen-bond donors (Lipinski definition) is 2. The van der Waals surface area contributed by atoms with Crippen molar-refractivity contribution >= 4 is 34.8 Å². The maximum absolute atomic E-state index is 12.0. The number of nitrogens with one attached hydrogen (secondary N) is 2. The average Bonchev–Trinajstić information content (AvgIpc) is 2.53. The molecule has 2 amide bonds. The van der Waals surface area contributed by atoms with Gasteiger partial charge in [-0.3, -0.25) is 9.59 Å². The third-order valence-corrected chi connectivity index (χ3v) is 3.59. The topological polar surface area (TPSA) is 67.4 Å². The van der Waals surface area contributed by atoms with Crippen molar-refractivity contribution in [2.75, 3.05) is 17.2 Å². The molecule has 5 nitrogen and oxygen atoms in total. The van der Waals surface area contributed by atoms with Crippen LogP contribution in [-0.2, 0) is 9.59 Å². The van der Waals surface area contributed by atoms with Crippen molar-refractivity contribution in [1.82, 2.24) is 0 Å². The van der Waals surface area contributed by atoms with E-state index in [1.165, 1.54) is 0 Å². The summed E-state index contributed by atoms with van der Waals surface area (Å²) in [5.74, 6) is 0.0303. The molecule has 2 aromatic rings. The monoisotopic (exact) mass is 360 g/mol. The predicted octanol–water partition coefficient (Wildman–Crippen LogP) is 4.34. The first-order valence-electron chi connectivity index (χ1n) is 7.84. The van der Waals surface area contributed by atoms with Crippen LogP contribution in [0.1, 0.15) is 20.8 Å². The van der Waals surface area contributed by atoms with Crippen LogP contribution in [0.4, 0.5) is 11.4 Å². The number of amides is 2. The summed E-state index contributed by atoms with van der Waals surface area (Å²) in [6.45, 7) is 5.34. The first-order valence-corrected chi connectivity index (χ1v) is 8.22. The maximum Gasteiger partial charge on any atom is 0.262 e. The Morgan fingerprint density at radius 1 is 1.00 bits per heavy atom. The second kappa shape index (κ2) is 8.03. The molecular formula is C19H21ClN2O3. The molecule has 0 atom stereocenters. The minimum absolute atomic E-state index is 0.0990. The Labute approximate surface area is 152 Å². The van der Waals surface area contributed by atoms with Crippen LogP contribution in [0.5, 0.6) is 5.75 Å². The summed E-state index contributed by atoms with van der Waals surface area (Å²) in [5, 5.41) is 5.99. The van der Waals surface area contributed by atoms with E-state index in [2.05, 4.69) is 10.6 Å². The van der Waals surface area contributed by atoms with Gasteiger partial charge in [0, 0.05) is 16.8 Å². The Bertz CT molecular complexity index is 769. The number of halogens is 1. The summed E-state index contributed by atoms with van der Waals surface area (Å²) in [6.07, 6.45) is 0. The fraction of sp³-hybridized carbons (Fsp3) is 0.263. The van der Waals surface area contributed by atoms with Crippen molar-refractivity contribution in [3.63, 3.8) is 0 Å². The molecule has 0 heterocycles. The lowest BCUT2D eigenvalue weighted by atomic mass is 9.95. The van der Waals surface area contributed by atoms with Gasteiger partial charge < -0.3 is 15.4 Å². The lowest BCUT2D eigenvalue weighted by Crippen LogP contribution is -2.27. The van der Waals surface area contributed by atoms with E-state index >= 15 is 0 Å². The van der Waals surface area contributed by atoms with Crippen LogP contribution in [0.25, 0.3) is 0 Å². The Kier molecular flexibility index (Phi) is 6.04. The van der Waals surface area contributed by atoms with E-state index in [4.69, 9.17) is 16.3 Å². The summed E-state index contributed by atoms with van der Waals surface area (Å²) < 4.78 is 5.40. The van der Waals surface area contributed by atoms with Crippen LogP contribution in [0.3, 0.4) is 0 Å². The minimum atomic E-state index is -0.498. The zero-order valence-electron chi connectivity index (χ0n) is 14.4. The fourth-order valence-electron chi connectivity index (χ4n) is 1.90. The lowest BCUT2D eigenvalue weighted by molar-refractivity contribution is -0.123. The van der Waals surface area contributed by atoms with E-state index < -0.39 is 5.41 Å². The first-order chi connectivity index (χ1) is 11.8. The highest BCUT2D eigenvalue weighted by Gasteiger charge is 2.21. The Balaban J connectivity index is 1.94. The molecule has 2 rings (SSSR count). The lowest BCUT2D eigenvalue weighted by Gasteiger charge is -2.18. The molecule has 6 heteroatoms. The van der Waals surface area contributed by atoms with Crippen molar-refractivity contribution in [3.05, 3.63) is 53.6 Å². The standard InChI is InChI=1S/C19H21ClN2O3/c1-19(2,3)18(24)22-14-8-6-7-13(11-14)21-17(23)12-25-16-10-5-4-9-15(16)20/h4-11H,12H2,1-3H3,(H,21,23)(H,22,24). The van der Waals surface area contributed by atoms with E-state index in [1.54, 1.807) is 48.5 Å². The molecule has 0 saturated carbocycles. The van der Waals surface area contributed by atoms with Gasteiger partial charge in [0.25, 0.3) is 5.91 Å². The number of para-hydroxylation sites is 1. The molecule has 0 aliphatic heterocycles. The zero-order valence-corrected chi connectivity index (χ0v) is 15.2. The normalized spacial score (nSPS) is 10.9. The van der Waals surface area contributed by atoms with Crippen LogP contribution in [-0.4, -0.2) is 18.4 Å². The molecule has 0 saturated heterocycles. The van der Waals surface area contributed by atoms with E-state index in [0.717, 1.165) is 0 Å². The van der Waals surface area contributed by atoms with Crippen molar-refractivity contribution in [2.24, 2.45) is 5.41 Å². The van der Waals surface area contributed by atoms with Gasteiger partial charge in [0.1, 0.15) is 5.75 Å². The van der Waals surface area contributed by atoms with Gasteiger partial charge in [0.15, 0.2) is 6.61 Å². The second-order valence-electron chi connectivity index (χ2n) is 6.55. The van der Waals surface area contributed by atoms with Crippen LogP contribution < -0.4 is 15.4 Å². The number of hydrogen-bond acceptors (Lipinski definition) is 3. The number of carbonyl (C=O) groups is 2. The molecule has 25 heavy (non-hydrogen) atoms. The van der Waals surface area contributed by atoms with Gasteiger partial charge in [-0.2, -0.15) is 0 Å². The van der Waals surface area contributed by atoms with Crippen molar-refractivity contribution < 1.29 is 14.3 Å². The molecule has 0 radical (unpaired) electrons. The molecule has 0 bridgehead atoms. The van der Waals surface area contributed by atoms with Gasteiger partial charge in [-0.15, -0.1) is 0 Å². The number of rotatable bonds is 5. The van der Waals surface area contributed by atoms with Crippen LogP contribution in [0.15, 0.2) is 48.5 Å². The Morgan fingerprint density at radius 3 is 2.28 bits per heavy atom. The van der Waals surface area contributed by atoms with E-state index in [1.807, 2.05) is 20.8 Å². The predicted molar refractivity (Wildman–Crippen MR) is 100 cm³/mol. The quantitative estimate of drug-likeness (QED) is 0.833. The SMILES string of the molecule is CC(C)(C)C(=O)Nc1cccc(NC(=O)COc2ccccc2Cl)c1. The summed E-state index contributed by atoms with van der Waals surface area (Å²) in [4.78, 5) is 24.1. The van der Waals surface area contributed by atoms with Gasteiger partial charge in [-0.1, -0.05) is 50.6 Å². The third kappa shape index (κ3) is 5.80. The minimum Gasteiger partial charge on any atom is -0.482 e. The van der Waals surface area contributed by atoms with Crippen molar-refractivity contribution in [2.45, 2.75) is 20.8 Å². The first kappa shape index (κ1) is 18.8. The highest BCUT2D eigenvalue weighted by atomic mass is 35.5. The number of carbonyl (C=O) groups excluding carboxylic acids is 2. The molecule has 2 N–H and O–H groups in total. The van der Waals surface area contributed by atoms with Crippen molar-refractivity contribution in [3.8, 4) is 5.75 Å². The van der Waals surface area contributed by atoms with Crippen LogP contribution >= 0.6 is 11.6 Å². The summed E-state index contributed by atoms with van der Waals surface area (Å²) in [7, 11) is 0. The molecular weight excluding hydrogens is 340 g/mol. The largest absolute Gasteiger partial charge is 0.482 e. The Morgan fingerprint density at radius 2 is 1.64 bits per heavy atom. The number of ether oxygens (including phenoxy) is 1. The molecule has 0 aliphatic carbocycles. The van der Waals surface area contributed by atoms with Gasteiger partial charge in [0.2, 0.25) is 5.91 Å². The molecule has 0 aliphatic rings. The molecule has 2 aromatic carbocycles. The molecule has 0 unspecified atom stereocenters. The van der Waals surface area contributed by atoms with E-state index in [-0.39, 0.29) is 18.4 Å². The van der Waals surface area contributed by atoms with Crippen LogP contribution in [0.2, 0.25) is 5.02 Å². The number of benzene rings is 2. The summed E-state index contributed by atoms with van der Waals surface area (Å²) >= 11 is 5.98. The maximum atomic E-state index is 12.0. The third-order valence-electron chi connectivity index (χ3n) is 3.28.